The van der Waals surface area contributed by atoms with E-state index in [9.17, 15) is 4.21 Å². The minimum atomic E-state index is -0.938. The second-order valence-electron chi connectivity index (χ2n) is 6.83. The maximum absolute atomic E-state index is 11.8. The number of aromatic nitrogens is 1. The summed E-state index contributed by atoms with van der Waals surface area (Å²) in [6.45, 7) is 0.974. The summed E-state index contributed by atoms with van der Waals surface area (Å²) in [6.07, 6.45) is 8.46. The van der Waals surface area contributed by atoms with Crippen LogP contribution in [-0.4, -0.2) is 33.8 Å². The summed E-state index contributed by atoms with van der Waals surface area (Å²) in [5, 5.41) is 6.99. The van der Waals surface area contributed by atoms with Gasteiger partial charge in [-0.3, -0.25) is 4.21 Å². The van der Waals surface area contributed by atoms with Crippen LogP contribution in [0.1, 0.15) is 23.3 Å². The van der Waals surface area contributed by atoms with Gasteiger partial charge in [-0.2, -0.15) is 11.8 Å². The van der Waals surface area contributed by atoms with Crippen LogP contribution in [0.15, 0.2) is 52.9 Å². The molecule has 6 heteroatoms. The van der Waals surface area contributed by atoms with Crippen molar-refractivity contribution in [2.75, 3.05) is 18.6 Å². The van der Waals surface area contributed by atoms with Crippen molar-refractivity contribution in [2.24, 2.45) is 0 Å². The maximum atomic E-state index is 11.8. The van der Waals surface area contributed by atoms with Crippen molar-refractivity contribution in [3.63, 3.8) is 0 Å². The first-order valence-electron chi connectivity index (χ1n) is 9.18. The van der Waals surface area contributed by atoms with Crippen molar-refractivity contribution in [1.82, 2.24) is 10.3 Å². The van der Waals surface area contributed by atoms with E-state index < -0.39 is 10.8 Å². The summed E-state index contributed by atoms with van der Waals surface area (Å²) in [5.74, 6) is 2.13. The zero-order valence-corrected chi connectivity index (χ0v) is 17.8. The molecule has 2 unspecified atom stereocenters. The fourth-order valence-electron chi connectivity index (χ4n) is 3.50. The highest BCUT2D eigenvalue weighted by Crippen LogP contribution is 2.29. The first-order chi connectivity index (χ1) is 13.2. The Bertz CT molecular complexity index is 959. The predicted octanol–water partition coefficient (Wildman–Crippen LogP) is 5.04. The number of hydrogen-bond acceptors (Lipinski definition) is 4. The van der Waals surface area contributed by atoms with Crippen LogP contribution in [0.3, 0.4) is 0 Å². The Labute approximate surface area is 171 Å². The molecular formula is C21H24N2OS3. The van der Waals surface area contributed by atoms with E-state index in [1.54, 1.807) is 6.26 Å². The molecule has 1 aliphatic heterocycles. The van der Waals surface area contributed by atoms with E-state index in [-0.39, 0.29) is 0 Å². The van der Waals surface area contributed by atoms with Crippen LogP contribution < -0.4 is 5.32 Å². The van der Waals surface area contributed by atoms with Gasteiger partial charge in [0.15, 0.2) is 0 Å². The molecule has 0 spiro atoms. The zero-order chi connectivity index (χ0) is 18.6. The van der Waals surface area contributed by atoms with Crippen LogP contribution in [0.2, 0.25) is 0 Å². The Balaban J connectivity index is 1.30. The standard InChI is InChI=1S/C21H24N2OS3/c1-27(24)18-4-5-20-19(12-18)16(13-23-20)14-25-10-7-17-11-15(6-8-22-17)21-3-2-9-26-21/h2-6,9,12-13,17,22-23H,7-8,10-11,14H2,1H3. The van der Waals surface area contributed by atoms with Gasteiger partial charge >= 0.3 is 0 Å². The molecule has 0 aliphatic carbocycles. The normalized spacial score (nSPS) is 18.6. The Morgan fingerprint density at radius 2 is 2.26 bits per heavy atom. The van der Waals surface area contributed by atoms with Crippen LogP contribution >= 0.6 is 23.1 Å². The average Bonchev–Trinajstić information content (AvgIpc) is 3.35. The van der Waals surface area contributed by atoms with E-state index >= 15 is 0 Å². The highest BCUT2D eigenvalue weighted by Gasteiger charge is 2.16. The monoisotopic (exact) mass is 416 g/mol. The van der Waals surface area contributed by atoms with E-state index in [0.29, 0.717) is 6.04 Å². The van der Waals surface area contributed by atoms with Crippen LogP contribution in [0.5, 0.6) is 0 Å². The lowest BCUT2D eigenvalue weighted by Gasteiger charge is -2.23. The largest absolute Gasteiger partial charge is 0.361 e. The van der Waals surface area contributed by atoms with Crippen molar-refractivity contribution in [3.8, 4) is 0 Å². The van der Waals surface area contributed by atoms with E-state index in [4.69, 9.17) is 0 Å². The molecule has 0 bridgehead atoms. The summed E-state index contributed by atoms with van der Waals surface area (Å²) in [5.41, 5.74) is 3.92. The third-order valence-corrected chi connectivity index (χ3v) is 7.90. The molecule has 2 atom stereocenters. The van der Waals surface area contributed by atoms with Crippen molar-refractivity contribution < 1.29 is 4.21 Å². The number of thioether (sulfide) groups is 1. The SMILES string of the molecule is CS(=O)c1ccc2[nH]cc(CSCCC3CC(c4cccs4)=CCN3)c2c1. The van der Waals surface area contributed by atoms with Gasteiger partial charge in [-0.15, -0.1) is 11.3 Å². The first kappa shape index (κ1) is 19.0. The second-order valence-corrected chi connectivity index (χ2v) is 10.3. The van der Waals surface area contributed by atoms with Crippen molar-refractivity contribution in [1.29, 1.82) is 0 Å². The zero-order valence-electron chi connectivity index (χ0n) is 15.4. The van der Waals surface area contributed by atoms with Crippen molar-refractivity contribution in [3.05, 3.63) is 58.4 Å². The molecule has 3 nitrogen and oxygen atoms in total. The molecule has 2 aromatic heterocycles. The molecule has 3 heterocycles. The molecule has 0 saturated heterocycles. The number of benzene rings is 1. The fourth-order valence-corrected chi connectivity index (χ4v) is 5.88. The summed E-state index contributed by atoms with van der Waals surface area (Å²) in [7, 11) is -0.938. The maximum Gasteiger partial charge on any atom is 0.0498 e. The number of nitrogens with one attached hydrogen (secondary N) is 2. The van der Waals surface area contributed by atoms with Crippen LogP contribution in [0, 0.1) is 0 Å². The smallest absolute Gasteiger partial charge is 0.0498 e. The van der Waals surface area contributed by atoms with Gasteiger partial charge in [0.25, 0.3) is 0 Å². The molecule has 2 N–H and O–H groups in total. The minimum Gasteiger partial charge on any atom is -0.361 e. The summed E-state index contributed by atoms with van der Waals surface area (Å²) < 4.78 is 11.8. The Morgan fingerprint density at radius 1 is 1.33 bits per heavy atom. The molecule has 1 aliphatic rings. The molecule has 0 fully saturated rings. The fraction of sp³-hybridized carbons (Fsp3) is 0.333. The van der Waals surface area contributed by atoms with Crippen molar-refractivity contribution >= 4 is 50.4 Å². The topological polar surface area (TPSA) is 44.9 Å². The minimum absolute atomic E-state index is 0.566. The van der Waals surface area contributed by atoms with Crippen LogP contribution in [0.4, 0.5) is 0 Å². The first-order valence-corrected chi connectivity index (χ1v) is 12.8. The van der Waals surface area contributed by atoms with E-state index in [2.05, 4.69) is 46.2 Å². The van der Waals surface area contributed by atoms with Gasteiger partial charge < -0.3 is 10.3 Å². The Kier molecular flexibility index (Phi) is 6.18. The molecule has 4 rings (SSSR count). The third kappa shape index (κ3) is 4.57. The lowest BCUT2D eigenvalue weighted by Crippen LogP contribution is -2.33. The van der Waals surface area contributed by atoms with Gasteiger partial charge in [0.05, 0.1) is 0 Å². The number of hydrogen-bond donors (Lipinski definition) is 2. The molecule has 0 radical (unpaired) electrons. The highest BCUT2D eigenvalue weighted by molar-refractivity contribution is 7.98. The lowest BCUT2D eigenvalue weighted by atomic mass is 9.99. The Morgan fingerprint density at radius 3 is 3.07 bits per heavy atom. The lowest BCUT2D eigenvalue weighted by molar-refractivity contribution is 0.525. The van der Waals surface area contributed by atoms with E-state index in [1.807, 2.05) is 35.2 Å². The van der Waals surface area contributed by atoms with Crippen LogP contribution in [-0.2, 0) is 16.6 Å². The summed E-state index contributed by atoms with van der Waals surface area (Å²) in [4.78, 5) is 5.64. The van der Waals surface area contributed by atoms with Gasteiger partial charge in [-0.25, -0.2) is 0 Å². The van der Waals surface area contributed by atoms with Crippen LogP contribution in [0.25, 0.3) is 16.5 Å². The molecule has 3 aromatic rings. The predicted molar refractivity (Wildman–Crippen MR) is 120 cm³/mol. The quantitative estimate of drug-likeness (QED) is 0.531. The number of thiophene rings is 1. The van der Waals surface area contributed by atoms with Crippen molar-refractivity contribution in [2.45, 2.75) is 29.5 Å². The summed E-state index contributed by atoms with van der Waals surface area (Å²) >= 11 is 3.82. The third-order valence-electron chi connectivity index (χ3n) is 5.00. The molecule has 142 valence electrons. The van der Waals surface area contributed by atoms with Gasteiger partial charge in [-0.05, 0) is 59.4 Å². The highest BCUT2D eigenvalue weighted by atomic mass is 32.2. The second kappa shape index (κ2) is 8.78. The van der Waals surface area contributed by atoms with Gasteiger partial charge in [-0.1, -0.05) is 12.1 Å². The molecule has 0 saturated carbocycles. The number of aromatic amines is 1. The molecule has 0 amide bonds. The molecule has 27 heavy (non-hydrogen) atoms. The average molecular weight is 417 g/mol. The molecule has 1 aromatic carbocycles. The molecular weight excluding hydrogens is 392 g/mol. The summed E-state index contributed by atoms with van der Waals surface area (Å²) in [6, 6.07) is 11.0. The van der Waals surface area contributed by atoms with E-state index in [0.717, 1.165) is 34.9 Å². The van der Waals surface area contributed by atoms with E-state index in [1.165, 1.54) is 27.8 Å². The Hall–Kier alpha value is -1.34. The van der Waals surface area contributed by atoms with Gasteiger partial charge in [0.2, 0.25) is 0 Å². The number of H-pyrrole nitrogens is 1. The van der Waals surface area contributed by atoms with Gasteiger partial charge in [0, 0.05) is 62.3 Å². The number of rotatable bonds is 7. The van der Waals surface area contributed by atoms with Gasteiger partial charge in [0.1, 0.15) is 0 Å². The number of fused-ring (bicyclic) bond motifs is 1.